The molecule has 0 saturated heterocycles. The fourth-order valence-corrected chi connectivity index (χ4v) is 5.62. The van der Waals surface area contributed by atoms with Gasteiger partial charge in [-0.15, -0.1) is 11.3 Å². The molecule has 1 N–H and O–H groups in total. The van der Waals surface area contributed by atoms with Crippen molar-refractivity contribution < 1.29 is 18.3 Å². The average molecular weight is 390 g/mol. The molecule has 0 radical (unpaired) electrons. The second-order valence-electron chi connectivity index (χ2n) is 4.11. The lowest BCUT2D eigenvalue weighted by molar-refractivity contribution is -0.136. The number of hydrogen-bond donors (Lipinski definition) is 1. The summed E-state index contributed by atoms with van der Waals surface area (Å²) in [5, 5.41) is 10.5. The minimum atomic E-state index is -3.80. The Bertz CT molecular complexity index is 728. The van der Waals surface area contributed by atoms with E-state index in [1.54, 1.807) is 41.8 Å². The lowest BCUT2D eigenvalue weighted by Gasteiger charge is -2.23. The smallest absolute Gasteiger partial charge is 0.305 e. The number of carboxylic acid groups (broad SMARTS) is 1. The first-order valence-electron chi connectivity index (χ1n) is 5.95. The molecule has 112 valence electrons. The summed E-state index contributed by atoms with van der Waals surface area (Å²) in [7, 11) is -3.80. The van der Waals surface area contributed by atoms with E-state index in [4.69, 9.17) is 5.11 Å². The van der Waals surface area contributed by atoms with Crippen LogP contribution >= 0.6 is 27.3 Å². The van der Waals surface area contributed by atoms with E-state index in [0.29, 0.717) is 10.2 Å². The van der Waals surface area contributed by atoms with Gasteiger partial charge in [0.2, 0.25) is 0 Å². The summed E-state index contributed by atoms with van der Waals surface area (Å²) in [5.74, 6) is -1.05. The van der Waals surface area contributed by atoms with E-state index in [1.807, 2.05) is 0 Å². The molecule has 1 heterocycles. The van der Waals surface area contributed by atoms with Crippen LogP contribution in [-0.4, -0.2) is 26.0 Å². The van der Waals surface area contributed by atoms with Crippen molar-refractivity contribution in [1.29, 1.82) is 0 Å². The van der Waals surface area contributed by atoms with E-state index in [2.05, 4.69) is 15.9 Å². The van der Waals surface area contributed by atoms with E-state index < -0.39 is 16.0 Å². The SMILES string of the molecule is O=C(O)CCN(c1ccccc1)S(=O)(=O)c1sccc1Br. The number of anilines is 1. The Balaban J connectivity index is 2.44. The Hall–Kier alpha value is -1.38. The first-order valence-corrected chi connectivity index (χ1v) is 9.07. The molecule has 21 heavy (non-hydrogen) atoms. The van der Waals surface area contributed by atoms with Crippen LogP contribution in [0.4, 0.5) is 5.69 Å². The van der Waals surface area contributed by atoms with Gasteiger partial charge in [0.1, 0.15) is 0 Å². The summed E-state index contributed by atoms with van der Waals surface area (Å²) >= 11 is 4.30. The van der Waals surface area contributed by atoms with Crippen LogP contribution in [0.25, 0.3) is 0 Å². The van der Waals surface area contributed by atoms with Gasteiger partial charge in [-0.25, -0.2) is 8.42 Å². The highest BCUT2D eigenvalue weighted by molar-refractivity contribution is 9.10. The maximum Gasteiger partial charge on any atom is 0.305 e. The molecule has 0 atom stereocenters. The number of sulfonamides is 1. The molecule has 1 aromatic heterocycles. The van der Waals surface area contributed by atoms with Gasteiger partial charge in [0.15, 0.2) is 4.21 Å². The van der Waals surface area contributed by atoms with Crippen molar-refractivity contribution >= 4 is 48.9 Å². The molecule has 0 aliphatic rings. The zero-order valence-corrected chi connectivity index (χ0v) is 14.0. The van der Waals surface area contributed by atoms with Crippen LogP contribution in [0.1, 0.15) is 6.42 Å². The van der Waals surface area contributed by atoms with E-state index in [0.717, 1.165) is 15.6 Å². The molecule has 1 aromatic carbocycles. The molecule has 2 rings (SSSR count). The summed E-state index contributed by atoms with van der Waals surface area (Å²) in [6.07, 6.45) is -0.267. The zero-order valence-electron chi connectivity index (χ0n) is 10.8. The van der Waals surface area contributed by atoms with Crippen LogP contribution in [0.15, 0.2) is 50.5 Å². The number of carbonyl (C=O) groups is 1. The minimum Gasteiger partial charge on any atom is -0.481 e. The van der Waals surface area contributed by atoms with Crippen molar-refractivity contribution in [2.24, 2.45) is 0 Å². The highest BCUT2D eigenvalue weighted by Gasteiger charge is 2.28. The Labute approximate surface area is 135 Å². The van der Waals surface area contributed by atoms with Gasteiger partial charge in [-0.3, -0.25) is 9.10 Å². The summed E-state index contributed by atoms with van der Waals surface area (Å²) in [6.45, 7) is -0.119. The monoisotopic (exact) mass is 389 g/mol. The highest BCUT2D eigenvalue weighted by Crippen LogP contribution is 2.32. The molecular formula is C13H12BrNO4S2. The van der Waals surface area contributed by atoms with Crippen LogP contribution < -0.4 is 4.31 Å². The van der Waals surface area contributed by atoms with E-state index in [9.17, 15) is 13.2 Å². The number of halogens is 1. The number of nitrogens with zero attached hydrogens (tertiary/aromatic N) is 1. The third-order valence-electron chi connectivity index (χ3n) is 2.68. The number of para-hydroxylation sites is 1. The molecule has 0 aliphatic carbocycles. The number of aliphatic carboxylic acids is 1. The van der Waals surface area contributed by atoms with Crippen LogP contribution in [0.2, 0.25) is 0 Å². The molecule has 5 nitrogen and oxygen atoms in total. The molecule has 0 saturated carbocycles. The maximum absolute atomic E-state index is 12.7. The number of thiophene rings is 1. The van der Waals surface area contributed by atoms with Crippen LogP contribution in [-0.2, 0) is 14.8 Å². The molecule has 0 unspecified atom stereocenters. The normalized spacial score (nSPS) is 11.3. The molecular weight excluding hydrogens is 378 g/mol. The van der Waals surface area contributed by atoms with Gasteiger partial charge in [0.25, 0.3) is 10.0 Å². The topological polar surface area (TPSA) is 74.7 Å². The lowest BCUT2D eigenvalue weighted by atomic mass is 10.3. The number of carboxylic acids is 1. The van der Waals surface area contributed by atoms with Crippen LogP contribution in [0.5, 0.6) is 0 Å². The third-order valence-corrected chi connectivity index (χ3v) is 7.16. The summed E-state index contributed by atoms with van der Waals surface area (Å²) in [4.78, 5) is 10.8. The van der Waals surface area contributed by atoms with Gasteiger partial charge in [0, 0.05) is 11.0 Å². The van der Waals surface area contributed by atoms with Crippen molar-refractivity contribution in [3.05, 3.63) is 46.3 Å². The number of hydrogen-bond acceptors (Lipinski definition) is 4. The van der Waals surface area contributed by atoms with E-state index >= 15 is 0 Å². The quantitative estimate of drug-likeness (QED) is 0.822. The zero-order chi connectivity index (χ0) is 15.5. The van der Waals surface area contributed by atoms with Crippen molar-refractivity contribution in [3.8, 4) is 0 Å². The number of rotatable bonds is 6. The summed E-state index contributed by atoms with van der Waals surface area (Å²) < 4.78 is 27.2. The van der Waals surface area contributed by atoms with Crippen molar-refractivity contribution in [2.75, 3.05) is 10.8 Å². The Kier molecular flexibility index (Phi) is 5.02. The molecule has 0 bridgehead atoms. The van der Waals surface area contributed by atoms with Gasteiger partial charge in [-0.05, 0) is 39.5 Å². The first kappa shape index (κ1) is 16.0. The van der Waals surface area contributed by atoms with Gasteiger partial charge in [-0.1, -0.05) is 18.2 Å². The molecule has 8 heteroatoms. The summed E-state index contributed by atoms with van der Waals surface area (Å²) in [6, 6.07) is 10.1. The van der Waals surface area contributed by atoms with Gasteiger partial charge in [0.05, 0.1) is 12.1 Å². The highest BCUT2D eigenvalue weighted by atomic mass is 79.9. The second-order valence-corrected chi connectivity index (χ2v) is 7.94. The van der Waals surface area contributed by atoms with Crippen LogP contribution in [0.3, 0.4) is 0 Å². The Morgan fingerprint density at radius 3 is 2.43 bits per heavy atom. The standard InChI is InChI=1S/C13H12BrNO4S2/c14-11-7-9-20-13(11)21(18,19)15(8-6-12(16)17)10-4-2-1-3-5-10/h1-5,7,9H,6,8H2,(H,16,17). The van der Waals surface area contributed by atoms with Gasteiger partial charge < -0.3 is 5.11 Å². The summed E-state index contributed by atoms with van der Waals surface area (Å²) in [5.41, 5.74) is 0.444. The fraction of sp³-hybridized carbons (Fsp3) is 0.154. The lowest BCUT2D eigenvalue weighted by Crippen LogP contribution is -2.32. The van der Waals surface area contributed by atoms with Crippen LogP contribution in [0, 0.1) is 0 Å². The fourth-order valence-electron chi connectivity index (χ4n) is 1.74. The molecule has 0 aliphatic heterocycles. The maximum atomic E-state index is 12.7. The van der Waals surface area contributed by atoms with Gasteiger partial charge in [-0.2, -0.15) is 0 Å². The first-order chi connectivity index (χ1) is 9.93. The van der Waals surface area contributed by atoms with Crippen molar-refractivity contribution in [1.82, 2.24) is 0 Å². The average Bonchev–Trinajstić information content (AvgIpc) is 2.86. The second kappa shape index (κ2) is 6.59. The predicted molar refractivity (Wildman–Crippen MR) is 85.2 cm³/mol. The molecule has 0 amide bonds. The van der Waals surface area contributed by atoms with Crippen molar-refractivity contribution in [3.63, 3.8) is 0 Å². The number of benzene rings is 1. The van der Waals surface area contributed by atoms with Gasteiger partial charge >= 0.3 is 5.97 Å². The van der Waals surface area contributed by atoms with E-state index in [1.165, 1.54) is 0 Å². The van der Waals surface area contributed by atoms with Crippen molar-refractivity contribution in [2.45, 2.75) is 10.6 Å². The largest absolute Gasteiger partial charge is 0.481 e. The predicted octanol–water partition coefficient (Wildman–Crippen LogP) is 3.18. The Morgan fingerprint density at radius 2 is 1.90 bits per heavy atom. The molecule has 0 fully saturated rings. The minimum absolute atomic E-state index is 0.119. The molecule has 2 aromatic rings. The van der Waals surface area contributed by atoms with E-state index in [-0.39, 0.29) is 17.2 Å². The third kappa shape index (κ3) is 3.63. The Morgan fingerprint density at radius 1 is 1.24 bits per heavy atom. The molecule has 0 spiro atoms.